The molecule has 106 valence electrons. The standard InChI is InChI=1S/C11H22N4O2.ClH/c12-9(6-8-4-2-1-3-5-8)11(17)10(16)7-14-15-13;/h8-11,16-17H,1-7,12H2;1H/t9-,10-,11+;/m0./s1. The molecule has 0 aromatic carbocycles. The maximum atomic E-state index is 9.79. The molecule has 0 spiro atoms. The summed E-state index contributed by atoms with van der Waals surface area (Å²) in [5, 5.41) is 22.6. The van der Waals surface area contributed by atoms with Gasteiger partial charge in [0.05, 0.1) is 18.8 Å². The highest BCUT2D eigenvalue weighted by molar-refractivity contribution is 5.85. The summed E-state index contributed by atoms with van der Waals surface area (Å²) >= 11 is 0. The van der Waals surface area contributed by atoms with Gasteiger partial charge in [0.15, 0.2) is 0 Å². The average molecular weight is 279 g/mol. The molecule has 1 fully saturated rings. The predicted octanol–water partition coefficient (Wildman–Crippen LogP) is 1.74. The Morgan fingerprint density at radius 2 is 1.89 bits per heavy atom. The Hall–Kier alpha value is -0.520. The summed E-state index contributed by atoms with van der Waals surface area (Å²) in [6.45, 7) is -0.129. The first-order chi connectivity index (χ1) is 8.15. The van der Waals surface area contributed by atoms with Gasteiger partial charge >= 0.3 is 0 Å². The molecule has 4 N–H and O–H groups in total. The van der Waals surface area contributed by atoms with Gasteiger partial charge in [0.2, 0.25) is 0 Å². The van der Waals surface area contributed by atoms with Crippen molar-refractivity contribution in [3.8, 4) is 0 Å². The highest BCUT2D eigenvalue weighted by Crippen LogP contribution is 2.27. The van der Waals surface area contributed by atoms with Crippen molar-refractivity contribution in [2.24, 2.45) is 16.8 Å². The zero-order valence-electron chi connectivity index (χ0n) is 10.5. The fourth-order valence-electron chi connectivity index (χ4n) is 2.46. The van der Waals surface area contributed by atoms with Crippen molar-refractivity contribution in [1.29, 1.82) is 0 Å². The second-order valence-electron chi connectivity index (χ2n) is 4.87. The summed E-state index contributed by atoms with van der Waals surface area (Å²) in [5.74, 6) is 0.556. The van der Waals surface area contributed by atoms with E-state index in [0.717, 1.165) is 19.3 Å². The molecule has 1 aliphatic carbocycles. The molecule has 0 radical (unpaired) electrons. The molecule has 0 bridgehead atoms. The number of hydrogen-bond acceptors (Lipinski definition) is 4. The minimum absolute atomic E-state index is 0. The molecule has 3 atom stereocenters. The summed E-state index contributed by atoms with van der Waals surface area (Å²) in [6, 6.07) is -0.443. The zero-order valence-corrected chi connectivity index (χ0v) is 11.3. The predicted molar refractivity (Wildman–Crippen MR) is 72.4 cm³/mol. The van der Waals surface area contributed by atoms with Gasteiger partial charge in [-0.15, -0.1) is 12.4 Å². The molecule has 18 heavy (non-hydrogen) atoms. The summed E-state index contributed by atoms with van der Waals surface area (Å²) < 4.78 is 0. The topological polar surface area (TPSA) is 115 Å². The van der Waals surface area contributed by atoms with Crippen LogP contribution in [0.3, 0.4) is 0 Å². The third-order valence-electron chi connectivity index (χ3n) is 3.50. The molecule has 0 aromatic heterocycles. The van der Waals surface area contributed by atoms with Gasteiger partial charge in [-0.05, 0) is 17.9 Å². The van der Waals surface area contributed by atoms with E-state index in [2.05, 4.69) is 10.0 Å². The Morgan fingerprint density at radius 3 is 2.44 bits per heavy atom. The normalized spacial score (nSPS) is 21.3. The summed E-state index contributed by atoms with van der Waals surface area (Å²) in [4.78, 5) is 2.55. The van der Waals surface area contributed by atoms with E-state index in [1.165, 1.54) is 19.3 Å². The highest BCUT2D eigenvalue weighted by atomic mass is 35.5. The largest absolute Gasteiger partial charge is 0.390 e. The first-order valence-electron chi connectivity index (χ1n) is 6.27. The molecule has 7 heteroatoms. The Bertz CT molecular complexity index is 268. The van der Waals surface area contributed by atoms with Crippen LogP contribution in [0.5, 0.6) is 0 Å². The van der Waals surface area contributed by atoms with Crippen molar-refractivity contribution in [2.45, 2.75) is 56.8 Å². The molecule has 6 nitrogen and oxygen atoms in total. The Kier molecular flexibility index (Phi) is 9.14. The number of aliphatic hydroxyl groups is 2. The lowest BCUT2D eigenvalue weighted by molar-refractivity contribution is 0.00382. The van der Waals surface area contributed by atoms with Crippen LogP contribution in [0.2, 0.25) is 0 Å². The van der Waals surface area contributed by atoms with E-state index in [0.29, 0.717) is 5.92 Å². The zero-order chi connectivity index (χ0) is 12.7. The maximum Gasteiger partial charge on any atom is 0.0950 e. The monoisotopic (exact) mass is 278 g/mol. The number of nitrogens with zero attached hydrogens (tertiary/aromatic N) is 3. The maximum absolute atomic E-state index is 9.79. The van der Waals surface area contributed by atoms with Crippen LogP contribution in [0.15, 0.2) is 5.11 Å². The minimum atomic E-state index is -1.07. The lowest BCUT2D eigenvalue weighted by Gasteiger charge is -2.28. The van der Waals surface area contributed by atoms with Crippen LogP contribution < -0.4 is 5.73 Å². The molecule has 1 rings (SSSR count). The fourth-order valence-corrected chi connectivity index (χ4v) is 2.46. The molecule has 0 saturated heterocycles. The smallest absolute Gasteiger partial charge is 0.0950 e. The second kappa shape index (κ2) is 9.42. The van der Waals surface area contributed by atoms with Gasteiger partial charge in [-0.2, -0.15) is 0 Å². The second-order valence-corrected chi connectivity index (χ2v) is 4.87. The van der Waals surface area contributed by atoms with Gasteiger partial charge in [0, 0.05) is 11.0 Å². The van der Waals surface area contributed by atoms with Crippen LogP contribution in [0.1, 0.15) is 38.5 Å². The lowest BCUT2D eigenvalue weighted by atomic mass is 9.83. The van der Waals surface area contributed by atoms with Crippen LogP contribution in [0, 0.1) is 5.92 Å². The van der Waals surface area contributed by atoms with Crippen molar-refractivity contribution in [2.75, 3.05) is 6.54 Å². The number of nitrogens with two attached hydrogens (primary N) is 1. The quantitative estimate of drug-likeness (QED) is 0.390. The number of rotatable bonds is 6. The Labute approximate surface area is 114 Å². The molecule has 1 aliphatic rings. The van der Waals surface area contributed by atoms with Crippen LogP contribution in [-0.2, 0) is 0 Å². The third kappa shape index (κ3) is 5.89. The van der Waals surface area contributed by atoms with E-state index < -0.39 is 18.2 Å². The molecule has 1 saturated carbocycles. The molecular weight excluding hydrogens is 256 g/mol. The van der Waals surface area contributed by atoms with Gasteiger partial charge in [-0.25, -0.2) is 0 Å². The Morgan fingerprint density at radius 1 is 1.28 bits per heavy atom. The van der Waals surface area contributed by atoms with Gasteiger partial charge in [0.25, 0.3) is 0 Å². The van der Waals surface area contributed by atoms with E-state index in [1.54, 1.807) is 0 Å². The lowest BCUT2D eigenvalue weighted by Crippen LogP contribution is -2.45. The van der Waals surface area contributed by atoms with Crippen molar-refractivity contribution < 1.29 is 10.2 Å². The molecule has 0 aromatic rings. The van der Waals surface area contributed by atoms with E-state index in [1.807, 2.05) is 0 Å². The van der Waals surface area contributed by atoms with Crippen LogP contribution in [0.25, 0.3) is 10.4 Å². The molecule has 0 amide bonds. The van der Waals surface area contributed by atoms with Crippen molar-refractivity contribution in [3.63, 3.8) is 0 Å². The summed E-state index contributed by atoms with van der Waals surface area (Å²) in [7, 11) is 0. The Balaban J connectivity index is 0.00000289. The van der Waals surface area contributed by atoms with Gasteiger partial charge < -0.3 is 15.9 Å². The molecule has 0 heterocycles. The molecule has 0 unspecified atom stereocenters. The highest BCUT2D eigenvalue weighted by Gasteiger charge is 2.26. The number of hydrogen-bond donors (Lipinski definition) is 3. The van der Waals surface area contributed by atoms with Gasteiger partial charge in [0.1, 0.15) is 0 Å². The molecular formula is C11H23ClN4O2. The van der Waals surface area contributed by atoms with Crippen molar-refractivity contribution >= 4 is 12.4 Å². The van der Waals surface area contributed by atoms with E-state index in [4.69, 9.17) is 11.3 Å². The van der Waals surface area contributed by atoms with Crippen molar-refractivity contribution in [3.05, 3.63) is 10.4 Å². The summed E-state index contributed by atoms with van der Waals surface area (Å²) in [5.41, 5.74) is 14.0. The molecule has 0 aliphatic heterocycles. The van der Waals surface area contributed by atoms with Gasteiger partial charge in [-0.1, -0.05) is 37.2 Å². The first kappa shape index (κ1) is 17.5. The van der Waals surface area contributed by atoms with Crippen molar-refractivity contribution in [1.82, 2.24) is 0 Å². The fraction of sp³-hybridized carbons (Fsp3) is 1.00. The number of azide groups is 1. The van der Waals surface area contributed by atoms with E-state index in [9.17, 15) is 10.2 Å². The average Bonchev–Trinajstić information content (AvgIpc) is 2.36. The first-order valence-corrected chi connectivity index (χ1v) is 6.27. The van der Waals surface area contributed by atoms with Crippen LogP contribution in [0.4, 0.5) is 0 Å². The number of halogens is 1. The SMILES string of the molecule is Cl.[N-]=[N+]=NC[C@H](O)[C@H](O)[C@@H](N)CC1CCCCC1. The van der Waals surface area contributed by atoms with Crippen LogP contribution in [-0.4, -0.2) is 35.0 Å². The third-order valence-corrected chi connectivity index (χ3v) is 3.50. The summed E-state index contributed by atoms with van der Waals surface area (Å²) in [6.07, 6.45) is 4.72. The minimum Gasteiger partial charge on any atom is -0.390 e. The van der Waals surface area contributed by atoms with Gasteiger partial charge in [-0.3, -0.25) is 0 Å². The van der Waals surface area contributed by atoms with E-state index in [-0.39, 0.29) is 19.0 Å². The van der Waals surface area contributed by atoms with E-state index >= 15 is 0 Å². The number of aliphatic hydroxyl groups excluding tert-OH is 2. The van der Waals surface area contributed by atoms with Crippen LogP contribution >= 0.6 is 12.4 Å².